The summed E-state index contributed by atoms with van der Waals surface area (Å²) in [6.07, 6.45) is 1.15. The number of ether oxygens (including phenoxy) is 1. The summed E-state index contributed by atoms with van der Waals surface area (Å²) in [5.41, 5.74) is 1.44. The number of fused-ring (bicyclic) bond motifs is 1. The molecule has 0 spiro atoms. The summed E-state index contributed by atoms with van der Waals surface area (Å²) < 4.78 is 10.3. The fraction of sp³-hybridized carbons (Fsp3) is 0.400. The molecule has 1 aliphatic heterocycles. The molecule has 1 N–H and O–H groups in total. The number of nitrogens with one attached hydrogen (secondary N) is 1. The van der Waals surface area contributed by atoms with Crippen molar-refractivity contribution in [1.82, 2.24) is 5.32 Å². The van der Waals surface area contributed by atoms with Crippen LogP contribution < -0.4 is 5.32 Å². The molecule has 3 rings (SSSR count). The zero-order valence-electron chi connectivity index (χ0n) is 12.0. The van der Waals surface area contributed by atoms with E-state index in [0.717, 1.165) is 17.9 Å². The van der Waals surface area contributed by atoms with Gasteiger partial charge in [-0.25, -0.2) is 4.79 Å². The highest BCUT2D eigenvalue weighted by molar-refractivity contribution is 7.98. The van der Waals surface area contributed by atoms with Gasteiger partial charge in [-0.3, -0.25) is 0 Å². The summed E-state index contributed by atoms with van der Waals surface area (Å²) in [6, 6.07) is 5.73. The van der Waals surface area contributed by atoms with E-state index < -0.39 is 5.97 Å². The maximum atomic E-state index is 11.5. The molecule has 3 heterocycles. The van der Waals surface area contributed by atoms with Crippen LogP contribution in [-0.4, -0.2) is 25.9 Å². The van der Waals surface area contributed by atoms with Crippen LogP contribution in [0.15, 0.2) is 22.6 Å². The van der Waals surface area contributed by atoms with Crippen LogP contribution >= 0.6 is 23.1 Å². The molecule has 0 amide bonds. The first-order valence-electron chi connectivity index (χ1n) is 6.77. The number of rotatable bonds is 4. The predicted octanol–water partition coefficient (Wildman–Crippen LogP) is 3.23. The van der Waals surface area contributed by atoms with E-state index in [2.05, 4.69) is 16.1 Å². The Morgan fingerprint density at radius 2 is 2.33 bits per heavy atom. The number of hydrogen-bond acceptors (Lipinski definition) is 6. The second-order valence-corrected chi connectivity index (χ2v) is 7.09. The van der Waals surface area contributed by atoms with E-state index in [-0.39, 0.29) is 11.8 Å². The molecule has 0 bridgehead atoms. The number of furan rings is 1. The third kappa shape index (κ3) is 2.88. The van der Waals surface area contributed by atoms with Crippen molar-refractivity contribution in [3.05, 3.63) is 45.0 Å². The Morgan fingerprint density at radius 1 is 1.48 bits per heavy atom. The van der Waals surface area contributed by atoms with Crippen LogP contribution in [0.3, 0.4) is 0 Å². The van der Waals surface area contributed by atoms with Gasteiger partial charge >= 0.3 is 5.97 Å². The first-order valence-corrected chi connectivity index (χ1v) is 8.74. The third-order valence-electron chi connectivity index (χ3n) is 3.52. The van der Waals surface area contributed by atoms with Gasteiger partial charge in [0.1, 0.15) is 11.8 Å². The minimum atomic E-state index is -0.446. The highest BCUT2D eigenvalue weighted by Crippen LogP contribution is 2.36. The lowest BCUT2D eigenvalue weighted by atomic mass is 10.1. The first kappa shape index (κ1) is 14.7. The Bertz CT molecular complexity index is 624. The van der Waals surface area contributed by atoms with Gasteiger partial charge in [0, 0.05) is 15.5 Å². The highest BCUT2D eigenvalue weighted by atomic mass is 32.2. The van der Waals surface area contributed by atoms with Gasteiger partial charge in [-0.15, -0.1) is 11.3 Å². The molecule has 21 heavy (non-hydrogen) atoms. The van der Waals surface area contributed by atoms with E-state index in [9.17, 15) is 4.79 Å². The first-order chi connectivity index (χ1) is 10.2. The Balaban J connectivity index is 1.89. The number of esters is 1. The number of thioether (sulfide) groups is 1. The summed E-state index contributed by atoms with van der Waals surface area (Å²) in [6.45, 7) is 0. The van der Waals surface area contributed by atoms with Gasteiger partial charge in [0.05, 0.1) is 7.11 Å². The average Bonchev–Trinajstić information content (AvgIpc) is 3.14. The Kier molecular flexibility index (Phi) is 4.37. The monoisotopic (exact) mass is 323 g/mol. The SMILES string of the molecule is CNC(c1ccc(C(=O)OC)o1)c1cc2c(s1)CCSC2. The van der Waals surface area contributed by atoms with Crippen molar-refractivity contribution < 1.29 is 13.9 Å². The van der Waals surface area contributed by atoms with E-state index in [0.29, 0.717) is 0 Å². The number of hydrogen-bond donors (Lipinski definition) is 1. The van der Waals surface area contributed by atoms with Crippen LogP contribution in [0.5, 0.6) is 0 Å². The van der Waals surface area contributed by atoms with Crippen molar-refractivity contribution in [2.45, 2.75) is 18.2 Å². The average molecular weight is 323 g/mol. The summed E-state index contributed by atoms with van der Waals surface area (Å²) in [5.74, 6) is 2.82. The third-order valence-corrected chi connectivity index (χ3v) is 5.83. The predicted molar refractivity (Wildman–Crippen MR) is 85.1 cm³/mol. The van der Waals surface area contributed by atoms with Gasteiger partial charge in [-0.2, -0.15) is 11.8 Å². The number of aryl methyl sites for hydroxylation is 1. The largest absolute Gasteiger partial charge is 0.463 e. The van der Waals surface area contributed by atoms with Gasteiger partial charge in [0.15, 0.2) is 0 Å². The van der Waals surface area contributed by atoms with E-state index in [1.807, 2.05) is 36.2 Å². The van der Waals surface area contributed by atoms with Crippen LogP contribution in [0.2, 0.25) is 0 Å². The molecule has 2 aromatic heterocycles. The fourth-order valence-corrected chi connectivity index (χ4v) is 4.95. The van der Waals surface area contributed by atoms with E-state index in [4.69, 9.17) is 4.42 Å². The highest BCUT2D eigenvalue weighted by Gasteiger charge is 2.23. The lowest BCUT2D eigenvalue weighted by Gasteiger charge is -2.11. The van der Waals surface area contributed by atoms with Crippen molar-refractivity contribution in [2.75, 3.05) is 19.9 Å². The number of carbonyl (C=O) groups excluding carboxylic acids is 1. The lowest BCUT2D eigenvalue weighted by molar-refractivity contribution is 0.0562. The number of carbonyl (C=O) groups is 1. The summed E-state index contributed by atoms with van der Waals surface area (Å²) >= 11 is 3.81. The number of thiophene rings is 1. The zero-order chi connectivity index (χ0) is 14.8. The second-order valence-electron chi connectivity index (χ2n) is 4.82. The van der Waals surface area contributed by atoms with Crippen LogP contribution in [0.25, 0.3) is 0 Å². The standard InChI is InChI=1S/C15H17NO3S2/c1-16-14(10-3-4-11(19-10)15(17)18-2)13-7-9-8-20-6-5-12(9)21-13/h3-4,7,14,16H,5-6,8H2,1-2H3. The van der Waals surface area contributed by atoms with Crippen molar-refractivity contribution in [1.29, 1.82) is 0 Å². The van der Waals surface area contributed by atoms with Crippen LogP contribution in [0.4, 0.5) is 0 Å². The zero-order valence-corrected chi connectivity index (χ0v) is 13.6. The van der Waals surface area contributed by atoms with Gasteiger partial charge in [-0.05, 0) is 43.0 Å². The lowest BCUT2D eigenvalue weighted by Crippen LogP contribution is -2.15. The molecule has 1 aliphatic rings. The molecule has 0 radical (unpaired) electrons. The molecule has 4 nitrogen and oxygen atoms in total. The molecule has 1 unspecified atom stereocenters. The van der Waals surface area contributed by atoms with Crippen molar-refractivity contribution in [3.8, 4) is 0 Å². The maximum Gasteiger partial charge on any atom is 0.373 e. The Labute approximate surface area is 131 Å². The fourth-order valence-electron chi connectivity index (χ4n) is 2.46. The molecule has 1 atom stereocenters. The molecule has 2 aromatic rings. The topological polar surface area (TPSA) is 51.5 Å². The minimum absolute atomic E-state index is 0.0241. The maximum absolute atomic E-state index is 11.5. The van der Waals surface area contributed by atoms with E-state index >= 15 is 0 Å². The molecule has 6 heteroatoms. The van der Waals surface area contributed by atoms with Crippen LogP contribution in [-0.2, 0) is 16.9 Å². The Hall–Kier alpha value is -1.24. The quantitative estimate of drug-likeness (QED) is 0.876. The second kappa shape index (κ2) is 6.25. The molecule has 112 valence electrons. The minimum Gasteiger partial charge on any atom is -0.463 e. The number of methoxy groups -OCH3 is 1. The molecule has 0 saturated heterocycles. The normalized spacial score (nSPS) is 15.5. The van der Waals surface area contributed by atoms with E-state index in [1.165, 1.54) is 28.2 Å². The van der Waals surface area contributed by atoms with Gasteiger partial charge < -0.3 is 14.5 Å². The van der Waals surface area contributed by atoms with Crippen molar-refractivity contribution in [3.63, 3.8) is 0 Å². The molecular formula is C15H17NO3S2. The summed E-state index contributed by atoms with van der Waals surface area (Å²) in [7, 11) is 3.25. The van der Waals surface area contributed by atoms with E-state index in [1.54, 1.807) is 6.07 Å². The van der Waals surface area contributed by atoms with Crippen LogP contribution in [0, 0.1) is 0 Å². The van der Waals surface area contributed by atoms with Gasteiger partial charge in [0.25, 0.3) is 0 Å². The smallest absolute Gasteiger partial charge is 0.373 e. The molecule has 0 fully saturated rings. The summed E-state index contributed by atoms with van der Waals surface area (Å²) in [5, 5.41) is 3.27. The molecule has 0 aromatic carbocycles. The van der Waals surface area contributed by atoms with Gasteiger partial charge in [-0.1, -0.05) is 0 Å². The Morgan fingerprint density at radius 3 is 3.05 bits per heavy atom. The molecular weight excluding hydrogens is 306 g/mol. The summed E-state index contributed by atoms with van der Waals surface area (Å²) in [4.78, 5) is 14.2. The van der Waals surface area contributed by atoms with Gasteiger partial charge in [0.2, 0.25) is 5.76 Å². The molecule has 0 aliphatic carbocycles. The molecule has 0 saturated carbocycles. The van der Waals surface area contributed by atoms with Crippen LogP contribution in [0.1, 0.15) is 37.7 Å². The van der Waals surface area contributed by atoms with Crippen molar-refractivity contribution in [2.24, 2.45) is 0 Å². The van der Waals surface area contributed by atoms with Crippen molar-refractivity contribution >= 4 is 29.1 Å².